The summed E-state index contributed by atoms with van der Waals surface area (Å²) in [5.74, 6) is 0.247. The lowest BCUT2D eigenvalue weighted by molar-refractivity contribution is -0.117. The zero-order chi connectivity index (χ0) is 20.2. The Kier molecular flexibility index (Phi) is 5.24. The van der Waals surface area contributed by atoms with Gasteiger partial charge in [-0.1, -0.05) is 35.5 Å². The first-order valence-corrected chi connectivity index (χ1v) is 9.38. The van der Waals surface area contributed by atoms with Gasteiger partial charge in [0.15, 0.2) is 5.69 Å². The van der Waals surface area contributed by atoms with Crippen molar-refractivity contribution in [2.45, 2.75) is 19.4 Å². The number of rotatable bonds is 6. The third-order valence-corrected chi connectivity index (χ3v) is 4.76. The van der Waals surface area contributed by atoms with Crippen molar-refractivity contribution in [3.63, 3.8) is 0 Å². The molecule has 1 aromatic heterocycles. The van der Waals surface area contributed by atoms with E-state index in [1.54, 1.807) is 41.1 Å². The molecule has 148 valence electrons. The Hall–Kier alpha value is -3.68. The van der Waals surface area contributed by atoms with Crippen LogP contribution in [0.15, 0.2) is 54.7 Å². The fourth-order valence-electron chi connectivity index (χ4n) is 3.33. The molecule has 0 radical (unpaired) electrons. The number of carbonyl (C=O) groups is 2. The minimum absolute atomic E-state index is 0.0788. The summed E-state index contributed by atoms with van der Waals surface area (Å²) in [4.78, 5) is 26.3. The Labute approximate surface area is 168 Å². The van der Waals surface area contributed by atoms with E-state index in [-0.39, 0.29) is 17.5 Å². The Bertz CT molecular complexity index is 1030. The predicted octanol–water partition coefficient (Wildman–Crippen LogP) is 2.71. The summed E-state index contributed by atoms with van der Waals surface area (Å²) in [7, 11) is 1.54. The van der Waals surface area contributed by atoms with E-state index in [4.69, 9.17) is 4.74 Å². The summed E-state index contributed by atoms with van der Waals surface area (Å²) in [5, 5.41) is 10.8. The quantitative estimate of drug-likeness (QED) is 0.698. The fraction of sp³-hybridized carbons (Fsp3) is 0.238. The van der Waals surface area contributed by atoms with Gasteiger partial charge in [-0.25, -0.2) is 4.68 Å². The number of nitrogens with one attached hydrogen (secondary N) is 1. The molecule has 1 aliphatic rings. The Morgan fingerprint density at radius 2 is 2.03 bits per heavy atom. The average Bonchev–Trinajstić information content (AvgIpc) is 3.38. The van der Waals surface area contributed by atoms with Crippen LogP contribution in [0, 0.1) is 0 Å². The van der Waals surface area contributed by atoms with E-state index in [1.807, 2.05) is 30.3 Å². The van der Waals surface area contributed by atoms with Gasteiger partial charge in [-0.15, -0.1) is 5.10 Å². The maximum Gasteiger partial charge on any atom is 0.277 e. The monoisotopic (exact) mass is 391 g/mol. The van der Waals surface area contributed by atoms with Crippen LogP contribution in [-0.2, 0) is 11.3 Å². The molecular formula is C21H21N5O3. The number of amides is 2. The maximum absolute atomic E-state index is 12.5. The van der Waals surface area contributed by atoms with Crippen LogP contribution in [0.25, 0.3) is 0 Å². The number of ether oxygens (including phenoxy) is 1. The Balaban J connectivity index is 1.46. The largest absolute Gasteiger partial charge is 0.494 e. The Morgan fingerprint density at radius 3 is 2.76 bits per heavy atom. The minimum Gasteiger partial charge on any atom is -0.494 e. The number of anilines is 2. The van der Waals surface area contributed by atoms with E-state index >= 15 is 0 Å². The molecule has 8 nitrogen and oxygen atoms in total. The Morgan fingerprint density at radius 1 is 1.21 bits per heavy atom. The van der Waals surface area contributed by atoms with Crippen LogP contribution in [0.3, 0.4) is 0 Å². The van der Waals surface area contributed by atoms with E-state index in [1.165, 1.54) is 0 Å². The summed E-state index contributed by atoms with van der Waals surface area (Å²) < 4.78 is 7.05. The molecule has 2 aromatic carbocycles. The number of methoxy groups -OCH3 is 1. The second kappa shape index (κ2) is 8.14. The molecule has 1 saturated heterocycles. The van der Waals surface area contributed by atoms with Crippen LogP contribution in [0.2, 0.25) is 0 Å². The second-order valence-electron chi connectivity index (χ2n) is 6.78. The second-order valence-corrected chi connectivity index (χ2v) is 6.78. The molecule has 1 fully saturated rings. The van der Waals surface area contributed by atoms with Gasteiger partial charge in [0, 0.05) is 24.7 Å². The van der Waals surface area contributed by atoms with Gasteiger partial charge < -0.3 is 15.0 Å². The minimum atomic E-state index is -0.364. The lowest BCUT2D eigenvalue weighted by Gasteiger charge is -2.19. The highest BCUT2D eigenvalue weighted by molar-refractivity contribution is 6.03. The van der Waals surface area contributed by atoms with Crippen LogP contribution in [0.4, 0.5) is 11.4 Å². The predicted molar refractivity (Wildman–Crippen MR) is 108 cm³/mol. The van der Waals surface area contributed by atoms with Crippen LogP contribution < -0.4 is 15.0 Å². The van der Waals surface area contributed by atoms with Gasteiger partial charge in [-0.3, -0.25) is 9.59 Å². The molecular weight excluding hydrogens is 370 g/mol. The van der Waals surface area contributed by atoms with E-state index < -0.39 is 0 Å². The molecule has 0 aliphatic carbocycles. The van der Waals surface area contributed by atoms with Crippen LogP contribution in [-0.4, -0.2) is 40.5 Å². The van der Waals surface area contributed by atoms with Crippen molar-refractivity contribution in [2.24, 2.45) is 0 Å². The van der Waals surface area contributed by atoms with Gasteiger partial charge >= 0.3 is 0 Å². The van der Waals surface area contributed by atoms with Crippen LogP contribution in [0.1, 0.15) is 28.9 Å². The van der Waals surface area contributed by atoms with Gasteiger partial charge in [0.05, 0.1) is 25.5 Å². The molecule has 8 heteroatoms. The van der Waals surface area contributed by atoms with E-state index in [0.29, 0.717) is 36.6 Å². The number of hydrogen-bond donors (Lipinski definition) is 1. The topological polar surface area (TPSA) is 89.3 Å². The summed E-state index contributed by atoms with van der Waals surface area (Å²) in [6, 6.07) is 15.1. The van der Waals surface area contributed by atoms with Crippen LogP contribution in [0.5, 0.6) is 5.75 Å². The summed E-state index contributed by atoms with van der Waals surface area (Å²) >= 11 is 0. The lowest BCUT2D eigenvalue weighted by Crippen LogP contribution is -2.24. The smallest absolute Gasteiger partial charge is 0.277 e. The van der Waals surface area contributed by atoms with Gasteiger partial charge in [0.25, 0.3) is 5.91 Å². The standard InChI is InChI=1S/C21H21N5O3/c1-29-19-12-16(9-10-18(19)26-11-5-8-20(26)27)22-21(28)17-14-25(24-23-17)13-15-6-3-2-4-7-15/h2-4,6-7,9-10,12,14H,5,8,11,13H2,1H3,(H,22,28). The number of benzene rings is 2. The molecule has 0 atom stereocenters. The van der Waals surface area contributed by atoms with Gasteiger partial charge in [-0.05, 0) is 24.1 Å². The molecule has 2 heterocycles. The first-order valence-electron chi connectivity index (χ1n) is 9.38. The van der Waals surface area contributed by atoms with Crippen molar-refractivity contribution in [3.8, 4) is 5.75 Å². The van der Waals surface area contributed by atoms with Crippen molar-refractivity contribution in [1.82, 2.24) is 15.0 Å². The van der Waals surface area contributed by atoms with Gasteiger partial charge in [-0.2, -0.15) is 0 Å². The molecule has 4 rings (SSSR count). The highest BCUT2D eigenvalue weighted by Gasteiger charge is 2.24. The van der Waals surface area contributed by atoms with Gasteiger partial charge in [0.2, 0.25) is 5.91 Å². The van der Waals surface area contributed by atoms with Crippen molar-refractivity contribution in [2.75, 3.05) is 23.9 Å². The molecule has 0 unspecified atom stereocenters. The van der Waals surface area contributed by atoms with Crippen LogP contribution >= 0.6 is 0 Å². The summed E-state index contributed by atoms with van der Waals surface area (Å²) in [5.41, 5.74) is 2.56. The highest BCUT2D eigenvalue weighted by Crippen LogP contribution is 2.33. The zero-order valence-electron chi connectivity index (χ0n) is 16.0. The normalized spacial score (nSPS) is 13.6. The molecule has 1 N–H and O–H groups in total. The SMILES string of the molecule is COc1cc(NC(=O)c2cn(Cc3ccccc3)nn2)ccc1N1CCCC1=O. The average molecular weight is 391 g/mol. The zero-order valence-corrected chi connectivity index (χ0v) is 16.0. The first kappa shape index (κ1) is 18.7. The van der Waals surface area contributed by atoms with Crippen molar-refractivity contribution in [3.05, 3.63) is 66.0 Å². The number of carbonyl (C=O) groups excluding carboxylic acids is 2. The van der Waals surface area contributed by atoms with E-state index in [9.17, 15) is 9.59 Å². The van der Waals surface area contributed by atoms with E-state index in [0.717, 1.165) is 12.0 Å². The third-order valence-electron chi connectivity index (χ3n) is 4.76. The molecule has 29 heavy (non-hydrogen) atoms. The maximum atomic E-state index is 12.5. The molecule has 0 saturated carbocycles. The number of hydrogen-bond acceptors (Lipinski definition) is 5. The van der Waals surface area contributed by atoms with Crippen molar-refractivity contribution < 1.29 is 14.3 Å². The molecule has 3 aromatic rings. The number of nitrogens with zero attached hydrogens (tertiary/aromatic N) is 4. The van der Waals surface area contributed by atoms with E-state index in [2.05, 4.69) is 15.6 Å². The number of aromatic nitrogens is 3. The third kappa shape index (κ3) is 4.11. The van der Waals surface area contributed by atoms with Gasteiger partial charge in [0.1, 0.15) is 5.75 Å². The highest BCUT2D eigenvalue weighted by atomic mass is 16.5. The molecule has 2 amide bonds. The molecule has 0 spiro atoms. The molecule has 0 bridgehead atoms. The fourth-order valence-corrected chi connectivity index (χ4v) is 3.33. The summed E-state index contributed by atoms with van der Waals surface area (Å²) in [6.45, 7) is 1.21. The first-order chi connectivity index (χ1) is 14.1. The summed E-state index contributed by atoms with van der Waals surface area (Å²) in [6.07, 6.45) is 2.98. The van der Waals surface area contributed by atoms with Crippen molar-refractivity contribution in [1.29, 1.82) is 0 Å². The lowest BCUT2D eigenvalue weighted by atomic mass is 10.2. The van der Waals surface area contributed by atoms with Crippen molar-refractivity contribution >= 4 is 23.2 Å². The molecule has 1 aliphatic heterocycles.